The fourth-order valence-electron chi connectivity index (χ4n) is 4.68. The van der Waals surface area contributed by atoms with E-state index in [0.29, 0.717) is 23.3 Å². The average molecular weight is 362 g/mol. The Morgan fingerprint density at radius 2 is 1.70 bits per heavy atom. The number of fused-ring (bicyclic) bond motifs is 1. The maximum atomic E-state index is 9.45. The van der Waals surface area contributed by atoms with Gasteiger partial charge >= 0.3 is 0 Å². The van der Waals surface area contributed by atoms with Crippen LogP contribution in [0.5, 0.6) is 11.5 Å². The Morgan fingerprint density at radius 1 is 1.07 bits per heavy atom. The summed E-state index contributed by atoms with van der Waals surface area (Å²) in [7, 11) is 0. The maximum absolute atomic E-state index is 9.45. The van der Waals surface area contributed by atoms with E-state index < -0.39 is 0 Å². The van der Waals surface area contributed by atoms with E-state index in [1.54, 1.807) is 12.1 Å². The molecular weight excluding hydrogens is 336 g/mol. The van der Waals surface area contributed by atoms with Gasteiger partial charge in [-0.2, -0.15) is 5.26 Å². The molecule has 140 valence electrons. The van der Waals surface area contributed by atoms with Gasteiger partial charge in [0.25, 0.3) is 0 Å². The van der Waals surface area contributed by atoms with Crippen molar-refractivity contribution >= 4 is 0 Å². The molecule has 4 heteroatoms. The summed E-state index contributed by atoms with van der Waals surface area (Å²) in [5.41, 5.74) is 1.95. The molecule has 0 radical (unpaired) electrons. The number of benzene rings is 2. The molecule has 1 saturated carbocycles. The first kappa shape index (κ1) is 17.9. The van der Waals surface area contributed by atoms with Crippen molar-refractivity contribution in [3.63, 3.8) is 0 Å². The topological polar surface area (TPSA) is 56.5 Å². The lowest BCUT2D eigenvalue weighted by Gasteiger charge is -2.23. The molecule has 1 heterocycles. The molecule has 1 aliphatic heterocycles. The van der Waals surface area contributed by atoms with Gasteiger partial charge in [-0.15, -0.1) is 0 Å². The molecular formula is C23H26N2O2. The van der Waals surface area contributed by atoms with Crippen molar-refractivity contribution in [3.05, 3.63) is 59.7 Å². The van der Waals surface area contributed by atoms with Crippen LogP contribution in [0.3, 0.4) is 0 Å². The van der Waals surface area contributed by atoms with Crippen LogP contribution in [0.25, 0.3) is 0 Å². The summed E-state index contributed by atoms with van der Waals surface area (Å²) in [6, 6.07) is 17.2. The molecule has 0 aromatic heterocycles. The molecule has 2 fully saturated rings. The molecule has 1 aliphatic carbocycles. The van der Waals surface area contributed by atoms with Crippen molar-refractivity contribution in [1.82, 2.24) is 4.90 Å². The van der Waals surface area contributed by atoms with E-state index >= 15 is 0 Å². The van der Waals surface area contributed by atoms with Crippen molar-refractivity contribution in [2.45, 2.75) is 31.8 Å². The zero-order chi connectivity index (χ0) is 18.8. The zero-order valence-electron chi connectivity index (χ0n) is 15.7. The number of phenols is 1. The third-order valence-electron chi connectivity index (χ3n) is 6.06. The third kappa shape index (κ3) is 4.09. The molecule has 0 amide bonds. The molecule has 1 N–H and O–H groups in total. The fraction of sp³-hybridized carbons (Fsp3) is 0.435. The Morgan fingerprint density at radius 3 is 2.30 bits per heavy atom. The van der Waals surface area contributed by atoms with Gasteiger partial charge < -0.3 is 14.7 Å². The average Bonchev–Trinajstić information content (AvgIpc) is 3.20. The molecule has 1 unspecified atom stereocenters. The fourth-order valence-corrected chi connectivity index (χ4v) is 4.68. The number of aromatic hydroxyl groups is 1. The second-order valence-electron chi connectivity index (χ2n) is 8.08. The van der Waals surface area contributed by atoms with Gasteiger partial charge in [0, 0.05) is 19.6 Å². The lowest BCUT2D eigenvalue weighted by Crippen LogP contribution is -2.28. The Bertz CT molecular complexity index is 796. The first-order valence-corrected chi connectivity index (χ1v) is 9.79. The van der Waals surface area contributed by atoms with Crippen LogP contribution in [0.15, 0.2) is 48.5 Å². The van der Waals surface area contributed by atoms with Crippen molar-refractivity contribution in [1.29, 1.82) is 5.26 Å². The number of likely N-dealkylation sites (tertiary alicyclic amines) is 1. The van der Waals surface area contributed by atoms with Crippen LogP contribution in [0.1, 0.15) is 36.8 Å². The number of nitrogens with zero attached hydrogens (tertiary/aromatic N) is 2. The van der Waals surface area contributed by atoms with Crippen molar-refractivity contribution < 1.29 is 9.84 Å². The number of hydrogen-bond donors (Lipinski definition) is 1. The van der Waals surface area contributed by atoms with E-state index in [0.717, 1.165) is 50.1 Å². The molecule has 2 aliphatic rings. The summed E-state index contributed by atoms with van der Waals surface area (Å²) < 4.78 is 6.16. The van der Waals surface area contributed by atoms with Crippen molar-refractivity contribution in [2.75, 3.05) is 19.6 Å². The Labute approximate surface area is 161 Å². The Hall–Kier alpha value is -2.51. The van der Waals surface area contributed by atoms with Crippen molar-refractivity contribution in [3.8, 4) is 17.6 Å². The van der Waals surface area contributed by atoms with Crippen LogP contribution in [0, 0.1) is 23.2 Å². The van der Waals surface area contributed by atoms with Crippen LogP contribution in [0.4, 0.5) is 0 Å². The number of rotatable bonds is 5. The third-order valence-corrected chi connectivity index (χ3v) is 6.06. The minimum Gasteiger partial charge on any atom is -0.508 e. The lowest BCUT2D eigenvalue weighted by atomic mass is 10.0. The maximum Gasteiger partial charge on any atom is 0.119 e. The SMILES string of the molecule is CC(CN1C[C@H]2C[C@H](Oc3ccc(C#N)cc3)C[C@H]2C1)c1ccc(O)cc1. The smallest absolute Gasteiger partial charge is 0.119 e. The molecule has 27 heavy (non-hydrogen) atoms. The number of ether oxygens (including phenoxy) is 1. The summed E-state index contributed by atoms with van der Waals surface area (Å²) in [6.07, 6.45) is 2.54. The van der Waals surface area contributed by atoms with Gasteiger partial charge in [0.2, 0.25) is 0 Å². The highest BCUT2D eigenvalue weighted by molar-refractivity contribution is 5.34. The molecule has 0 spiro atoms. The van der Waals surface area contributed by atoms with Gasteiger partial charge in [0.1, 0.15) is 11.5 Å². The predicted octanol–water partition coefficient (Wildman–Crippen LogP) is 4.16. The molecule has 4 rings (SSSR count). The summed E-state index contributed by atoms with van der Waals surface area (Å²) in [5.74, 6) is 3.11. The Balaban J connectivity index is 1.27. The summed E-state index contributed by atoms with van der Waals surface area (Å²) in [4.78, 5) is 2.59. The van der Waals surface area contributed by atoms with Crippen LogP contribution in [0.2, 0.25) is 0 Å². The second kappa shape index (κ2) is 7.62. The van der Waals surface area contributed by atoms with E-state index in [1.807, 2.05) is 36.4 Å². The summed E-state index contributed by atoms with van der Waals surface area (Å²) in [5, 5.41) is 18.3. The molecule has 4 nitrogen and oxygen atoms in total. The van der Waals surface area contributed by atoms with Crippen LogP contribution in [-0.4, -0.2) is 35.7 Å². The summed E-state index contributed by atoms with van der Waals surface area (Å²) in [6.45, 7) is 5.64. The highest BCUT2D eigenvalue weighted by atomic mass is 16.5. The van der Waals surface area contributed by atoms with Gasteiger partial charge in [-0.05, 0) is 72.6 Å². The second-order valence-corrected chi connectivity index (χ2v) is 8.08. The number of nitriles is 1. The first-order chi connectivity index (χ1) is 13.1. The Kier molecular flexibility index (Phi) is 5.05. The van der Waals surface area contributed by atoms with Crippen LogP contribution < -0.4 is 4.74 Å². The minimum absolute atomic E-state index is 0.296. The van der Waals surface area contributed by atoms with Gasteiger partial charge in [-0.1, -0.05) is 19.1 Å². The standard InChI is InChI=1S/C23H26N2O2/c1-16(18-4-6-21(26)7-5-18)13-25-14-19-10-23(11-20(19)15-25)27-22-8-2-17(12-24)3-9-22/h2-9,16,19-20,23,26H,10-11,13-15H2,1H3/t16?,19-,20+,23+. The summed E-state index contributed by atoms with van der Waals surface area (Å²) >= 11 is 0. The van der Waals surface area contributed by atoms with E-state index in [9.17, 15) is 5.11 Å². The predicted molar refractivity (Wildman–Crippen MR) is 105 cm³/mol. The van der Waals surface area contributed by atoms with E-state index in [4.69, 9.17) is 10.00 Å². The van der Waals surface area contributed by atoms with Gasteiger partial charge in [0.05, 0.1) is 17.7 Å². The lowest BCUT2D eigenvalue weighted by molar-refractivity contribution is 0.184. The quantitative estimate of drug-likeness (QED) is 0.868. The van der Waals surface area contributed by atoms with Crippen molar-refractivity contribution in [2.24, 2.45) is 11.8 Å². The highest BCUT2D eigenvalue weighted by Crippen LogP contribution is 2.40. The van der Waals surface area contributed by atoms with Gasteiger partial charge in [0.15, 0.2) is 0 Å². The van der Waals surface area contributed by atoms with Crippen LogP contribution >= 0.6 is 0 Å². The van der Waals surface area contributed by atoms with Gasteiger partial charge in [-0.25, -0.2) is 0 Å². The van der Waals surface area contributed by atoms with E-state index in [-0.39, 0.29) is 0 Å². The molecule has 1 saturated heterocycles. The van der Waals surface area contributed by atoms with Gasteiger partial charge in [-0.3, -0.25) is 0 Å². The largest absolute Gasteiger partial charge is 0.508 e. The zero-order valence-corrected chi connectivity index (χ0v) is 15.7. The molecule has 2 aromatic carbocycles. The molecule has 4 atom stereocenters. The van der Waals surface area contributed by atoms with E-state index in [2.05, 4.69) is 17.9 Å². The molecule has 2 aromatic rings. The molecule has 0 bridgehead atoms. The van der Waals surface area contributed by atoms with E-state index in [1.165, 1.54) is 5.56 Å². The minimum atomic E-state index is 0.296. The normalized spacial score (nSPS) is 25.7. The first-order valence-electron chi connectivity index (χ1n) is 9.79. The monoisotopic (exact) mass is 362 g/mol. The van der Waals surface area contributed by atoms with Crippen LogP contribution in [-0.2, 0) is 0 Å². The number of hydrogen-bond acceptors (Lipinski definition) is 4. The number of phenolic OH excluding ortho intramolecular Hbond substituents is 1. The highest BCUT2D eigenvalue weighted by Gasteiger charge is 2.41.